The summed E-state index contributed by atoms with van der Waals surface area (Å²) in [5.74, 6) is -4.35. The van der Waals surface area contributed by atoms with E-state index in [4.69, 9.17) is 4.55 Å². The van der Waals surface area contributed by atoms with Crippen molar-refractivity contribution in [2.45, 2.75) is 70.8 Å². The highest BCUT2D eigenvalue weighted by molar-refractivity contribution is 7.85. The third kappa shape index (κ3) is 7.84. The number of ether oxygens (including phenoxy) is 1. The zero-order valence-electron chi connectivity index (χ0n) is 15.2. The lowest BCUT2D eigenvalue weighted by molar-refractivity contribution is -0.361. The van der Waals surface area contributed by atoms with Gasteiger partial charge in [-0.3, -0.25) is 9.35 Å². The van der Waals surface area contributed by atoms with Gasteiger partial charge in [-0.15, -0.1) is 0 Å². The molecule has 0 saturated heterocycles. The Balaban J connectivity index is 5.37. The number of hydrogen-bond donors (Lipinski definition) is 1. The predicted octanol–water partition coefficient (Wildman–Crippen LogP) is 4.52. The van der Waals surface area contributed by atoms with Gasteiger partial charge in [-0.25, -0.2) is 0 Å². The van der Waals surface area contributed by atoms with Crippen molar-refractivity contribution in [3.63, 3.8) is 0 Å². The summed E-state index contributed by atoms with van der Waals surface area (Å²) in [4.78, 5) is 11.6. The summed E-state index contributed by atoms with van der Waals surface area (Å²) < 4.78 is 112. The fraction of sp³-hybridized carbons (Fsp3) is 0.933. The zero-order chi connectivity index (χ0) is 21.7. The van der Waals surface area contributed by atoms with E-state index < -0.39 is 46.2 Å². The van der Waals surface area contributed by atoms with Crippen molar-refractivity contribution >= 4 is 16.1 Å². The lowest BCUT2D eigenvalue weighted by atomic mass is 9.87. The van der Waals surface area contributed by atoms with E-state index in [1.165, 1.54) is 0 Å². The number of halogens is 6. The summed E-state index contributed by atoms with van der Waals surface area (Å²) in [5.41, 5.74) is -5.33. The Morgan fingerprint density at radius 2 is 1.52 bits per heavy atom. The van der Waals surface area contributed by atoms with E-state index in [0.29, 0.717) is 6.42 Å². The van der Waals surface area contributed by atoms with Gasteiger partial charge in [0.05, 0.1) is 0 Å². The average Bonchev–Trinajstić information content (AvgIpc) is 2.41. The van der Waals surface area contributed by atoms with Crippen molar-refractivity contribution in [3.8, 4) is 0 Å². The van der Waals surface area contributed by atoms with Crippen LogP contribution < -0.4 is 0 Å². The largest absolute Gasteiger partial charge is 0.438 e. The molecule has 0 fully saturated rings. The first kappa shape index (κ1) is 26.0. The van der Waals surface area contributed by atoms with Gasteiger partial charge < -0.3 is 4.74 Å². The fourth-order valence-electron chi connectivity index (χ4n) is 2.66. The van der Waals surface area contributed by atoms with Crippen molar-refractivity contribution in [2.24, 2.45) is 11.8 Å². The van der Waals surface area contributed by atoms with Crippen molar-refractivity contribution in [1.82, 2.24) is 0 Å². The molecule has 162 valence electrons. The van der Waals surface area contributed by atoms with E-state index in [0.717, 1.165) is 12.8 Å². The topological polar surface area (TPSA) is 80.7 Å². The molecule has 0 saturated carbocycles. The molecule has 0 aromatic heterocycles. The van der Waals surface area contributed by atoms with Crippen LogP contribution in [0.3, 0.4) is 0 Å². The SMILES string of the molecule is CCCC(CCCC(=O)OC(CS(=O)(=O)O)(C(F)(F)F)C(F)(F)F)C(C)C. The second kappa shape index (κ2) is 9.44. The Labute approximate surface area is 154 Å². The van der Waals surface area contributed by atoms with Crippen LogP contribution in [0.4, 0.5) is 26.3 Å². The first-order chi connectivity index (χ1) is 12.0. The monoisotopic (exact) mass is 430 g/mol. The van der Waals surface area contributed by atoms with Crippen LogP contribution in [0.25, 0.3) is 0 Å². The first-order valence-electron chi connectivity index (χ1n) is 8.27. The third-order valence-electron chi connectivity index (χ3n) is 4.15. The van der Waals surface area contributed by atoms with Gasteiger partial charge in [-0.2, -0.15) is 34.8 Å². The van der Waals surface area contributed by atoms with Gasteiger partial charge in [0.15, 0.2) is 0 Å². The molecule has 12 heteroatoms. The van der Waals surface area contributed by atoms with Crippen LogP contribution in [-0.2, 0) is 19.6 Å². The molecule has 0 amide bonds. The lowest BCUT2D eigenvalue weighted by Crippen LogP contribution is -2.63. The maximum atomic E-state index is 13.0. The lowest BCUT2D eigenvalue weighted by Gasteiger charge is -2.35. The van der Waals surface area contributed by atoms with E-state index in [1.54, 1.807) is 0 Å². The van der Waals surface area contributed by atoms with Gasteiger partial charge in [0, 0.05) is 6.42 Å². The fourth-order valence-corrected chi connectivity index (χ4v) is 3.56. The summed E-state index contributed by atoms with van der Waals surface area (Å²) in [6, 6.07) is 0. The Morgan fingerprint density at radius 3 is 1.85 bits per heavy atom. The Bertz CT molecular complexity index is 568. The van der Waals surface area contributed by atoms with Crippen molar-refractivity contribution in [3.05, 3.63) is 0 Å². The molecular weight excluding hydrogens is 406 g/mol. The second-order valence-corrected chi connectivity index (χ2v) is 8.16. The molecule has 0 bridgehead atoms. The molecule has 27 heavy (non-hydrogen) atoms. The molecule has 0 rings (SSSR count). The van der Waals surface area contributed by atoms with Crippen LogP contribution in [0.2, 0.25) is 0 Å². The number of esters is 1. The molecule has 0 aliphatic rings. The van der Waals surface area contributed by atoms with Crippen LogP contribution in [0.15, 0.2) is 0 Å². The second-order valence-electron chi connectivity index (χ2n) is 6.71. The molecule has 0 heterocycles. The molecule has 0 aromatic carbocycles. The van der Waals surface area contributed by atoms with E-state index in [2.05, 4.69) is 4.74 Å². The molecular formula is C15H24F6O5S. The van der Waals surface area contributed by atoms with Crippen molar-refractivity contribution in [2.75, 3.05) is 5.75 Å². The molecule has 0 spiro atoms. The number of carbonyl (C=O) groups is 1. The van der Waals surface area contributed by atoms with E-state index in [9.17, 15) is 39.6 Å². The number of hydrogen-bond acceptors (Lipinski definition) is 4. The zero-order valence-corrected chi connectivity index (χ0v) is 16.0. The third-order valence-corrected chi connectivity index (χ3v) is 4.92. The molecule has 0 aromatic rings. The smallest absolute Gasteiger partial charge is 0.438 e. The summed E-state index contributed by atoms with van der Waals surface area (Å²) in [6.07, 6.45) is -11.3. The first-order valence-corrected chi connectivity index (χ1v) is 9.88. The van der Waals surface area contributed by atoms with E-state index >= 15 is 0 Å². The van der Waals surface area contributed by atoms with Crippen LogP contribution in [0.1, 0.15) is 52.9 Å². The number of rotatable bonds is 10. The van der Waals surface area contributed by atoms with Gasteiger partial charge >= 0.3 is 23.9 Å². The summed E-state index contributed by atoms with van der Waals surface area (Å²) >= 11 is 0. The van der Waals surface area contributed by atoms with Gasteiger partial charge in [0.2, 0.25) is 0 Å². The number of carbonyl (C=O) groups excluding carboxylic acids is 1. The maximum Gasteiger partial charge on any atom is 0.438 e. The minimum atomic E-state index is -6.29. The summed E-state index contributed by atoms with van der Waals surface area (Å²) in [6.45, 7) is 5.73. The van der Waals surface area contributed by atoms with Gasteiger partial charge in [0.1, 0.15) is 5.75 Å². The van der Waals surface area contributed by atoms with Gasteiger partial charge in [-0.05, 0) is 24.7 Å². The highest BCUT2D eigenvalue weighted by Crippen LogP contribution is 2.47. The van der Waals surface area contributed by atoms with Crippen LogP contribution >= 0.6 is 0 Å². The molecule has 1 atom stereocenters. The average molecular weight is 430 g/mol. The minimum Gasteiger partial charge on any atom is -0.438 e. The summed E-state index contributed by atoms with van der Waals surface area (Å²) in [7, 11) is -5.76. The highest BCUT2D eigenvalue weighted by atomic mass is 32.2. The molecule has 0 aliphatic heterocycles. The van der Waals surface area contributed by atoms with Crippen LogP contribution in [-0.4, -0.2) is 42.6 Å². The van der Waals surface area contributed by atoms with Crippen LogP contribution in [0, 0.1) is 11.8 Å². The van der Waals surface area contributed by atoms with E-state index in [-0.39, 0.29) is 18.3 Å². The predicted molar refractivity (Wildman–Crippen MR) is 84.4 cm³/mol. The Hall–Kier alpha value is -1.04. The molecule has 1 N–H and O–H groups in total. The van der Waals surface area contributed by atoms with Gasteiger partial charge in [-0.1, -0.05) is 33.6 Å². The van der Waals surface area contributed by atoms with Crippen molar-refractivity contribution < 1.29 is 48.8 Å². The molecule has 1 unspecified atom stereocenters. The van der Waals surface area contributed by atoms with Crippen molar-refractivity contribution in [1.29, 1.82) is 0 Å². The summed E-state index contributed by atoms with van der Waals surface area (Å²) in [5, 5.41) is 0. The minimum absolute atomic E-state index is 0.0145. The van der Waals surface area contributed by atoms with E-state index in [1.807, 2.05) is 20.8 Å². The Kier molecular flexibility index (Phi) is 9.08. The van der Waals surface area contributed by atoms with Crippen LogP contribution in [0.5, 0.6) is 0 Å². The molecule has 0 aliphatic carbocycles. The molecule has 5 nitrogen and oxygen atoms in total. The standard InChI is InChI=1S/C15H24F6O5S/c1-4-6-11(10(2)3)7-5-8-12(22)26-13(14(16,17)18,15(19,20)21)9-27(23,24)25/h10-11H,4-9H2,1-3H3,(H,23,24,25). The van der Waals surface area contributed by atoms with Gasteiger partial charge in [0.25, 0.3) is 10.1 Å². The Morgan fingerprint density at radius 1 is 1.04 bits per heavy atom. The molecule has 0 radical (unpaired) electrons. The number of alkyl halides is 6. The maximum absolute atomic E-state index is 13.0. The highest BCUT2D eigenvalue weighted by Gasteiger charge is 2.75. The normalized spacial score (nSPS) is 15.1. The quantitative estimate of drug-likeness (QED) is 0.313.